The zero-order valence-corrected chi connectivity index (χ0v) is 13.8. The number of nitrogens with zero attached hydrogens (tertiary/aromatic N) is 2. The molecule has 0 aromatic carbocycles. The summed E-state index contributed by atoms with van der Waals surface area (Å²) < 4.78 is 0. The standard InChI is InChI=1S/C16H33N3O/c1-5-18(6-2)15(20)12-14(13-17)19-10-7-8-16(3,4)9-11-19/h14H,5-13,17H2,1-4H3. The van der Waals surface area contributed by atoms with E-state index in [0.29, 0.717) is 18.4 Å². The Bertz CT molecular complexity index is 300. The first kappa shape index (κ1) is 17.4. The number of carbonyl (C=O) groups excluding carboxylic acids is 1. The van der Waals surface area contributed by atoms with Gasteiger partial charge in [-0.1, -0.05) is 13.8 Å². The Kier molecular flexibility index (Phi) is 6.96. The van der Waals surface area contributed by atoms with Gasteiger partial charge < -0.3 is 10.6 Å². The highest BCUT2D eigenvalue weighted by Gasteiger charge is 2.28. The molecule has 1 saturated heterocycles. The fraction of sp³-hybridized carbons (Fsp3) is 0.938. The van der Waals surface area contributed by atoms with Gasteiger partial charge in [-0.15, -0.1) is 0 Å². The van der Waals surface area contributed by atoms with E-state index in [1.807, 2.05) is 18.7 Å². The van der Waals surface area contributed by atoms with Crippen LogP contribution in [0.15, 0.2) is 0 Å². The van der Waals surface area contributed by atoms with E-state index in [1.165, 1.54) is 19.3 Å². The molecule has 4 nitrogen and oxygen atoms in total. The van der Waals surface area contributed by atoms with Crippen LogP contribution >= 0.6 is 0 Å². The number of hydrogen-bond acceptors (Lipinski definition) is 3. The van der Waals surface area contributed by atoms with Gasteiger partial charge in [0.1, 0.15) is 0 Å². The maximum atomic E-state index is 12.3. The van der Waals surface area contributed by atoms with Gasteiger partial charge in [-0.25, -0.2) is 0 Å². The molecule has 1 amide bonds. The summed E-state index contributed by atoms with van der Waals surface area (Å²) in [6, 6.07) is 0.206. The van der Waals surface area contributed by atoms with Crippen molar-refractivity contribution in [1.82, 2.24) is 9.80 Å². The molecule has 0 aromatic heterocycles. The highest BCUT2D eigenvalue weighted by atomic mass is 16.2. The highest BCUT2D eigenvalue weighted by Crippen LogP contribution is 2.30. The maximum Gasteiger partial charge on any atom is 0.224 e. The van der Waals surface area contributed by atoms with E-state index in [-0.39, 0.29) is 11.9 Å². The Morgan fingerprint density at radius 3 is 2.45 bits per heavy atom. The van der Waals surface area contributed by atoms with Gasteiger partial charge in [-0.05, 0) is 51.6 Å². The van der Waals surface area contributed by atoms with Gasteiger partial charge in [0, 0.05) is 32.1 Å². The highest BCUT2D eigenvalue weighted by molar-refractivity contribution is 5.76. The minimum Gasteiger partial charge on any atom is -0.343 e. The quantitative estimate of drug-likeness (QED) is 0.812. The molecule has 1 rings (SSSR count). The number of rotatable bonds is 6. The number of likely N-dealkylation sites (tertiary alicyclic amines) is 1. The SMILES string of the molecule is CCN(CC)C(=O)CC(CN)N1CCCC(C)(C)CC1. The van der Waals surface area contributed by atoms with E-state index < -0.39 is 0 Å². The monoisotopic (exact) mass is 283 g/mol. The largest absolute Gasteiger partial charge is 0.343 e. The average Bonchev–Trinajstić information content (AvgIpc) is 2.58. The summed E-state index contributed by atoms with van der Waals surface area (Å²) in [6.07, 6.45) is 4.25. The summed E-state index contributed by atoms with van der Waals surface area (Å²) in [7, 11) is 0. The van der Waals surface area contributed by atoms with Gasteiger partial charge in [-0.3, -0.25) is 9.69 Å². The maximum absolute atomic E-state index is 12.3. The molecule has 1 unspecified atom stereocenters. The van der Waals surface area contributed by atoms with Crippen molar-refractivity contribution in [3.63, 3.8) is 0 Å². The minimum atomic E-state index is 0.206. The Hall–Kier alpha value is -0.610. The summed E-state index contributed by atoms with van der Waals surface area (Å²) in [5, 5.41) is 0. The molecule has 1 heterocycles. The van der Waals surface area contributed by atoms with Crippen LogP contribution in [0, 0.1) is 5.41 Å². The summed E-state index contributed by atoms with van der Waals surface area (Å²) in [5.74, 6) is 0.244. The molecule has 1 atom stereocenters. The van der Waals surface area contributed by atoms with Gasteiger partial charge in [0.05, 0.1) is 0 Å². The van der Waals surface area contributed by atoms with Crippen LogP contribution in [0.4, 0.5) is 0 Å². The summed E-state index contributed by atoms with van der Waals surface area (Å²) in [6.45, 7) is 13.1. The van der Waals surface area contributed by atoms with Crippen molar-refractivity contribution in [1.29, 1.82) is 0 Å². The molecule has 1 aliphatic heterocycles. The van der Waals surface area contributed by atoms with Crippen LogP contribution < -0.4 is 5.73 Å². The van der Waals surface area contributed by atoms with Crippen molar-refractivity contribution in [2.45, 2.75) is 59.4 Å². The van der Waals surface area contributed by atoms with Crippen LogP contribution in [0.3, 0.4) is 0 Å². The van der Waals surface area contributed by atoms with E-state index >= 15 is 0 Å². The Morgan fingerprint density at radius 1 is 1.25 bits per heavy atom. The first-order valence-electron chi connectivity index (χ1n) is 8.15. The van der Waals surface area contributed by atoms with Crippen molar-refractivity contribution in [2.75, 3.05) is 32.7 Å². The Labute approximate surface area is 124 Å². The molecule has 1 aliphatic rings. The van der Waals surface area contributed by atoms with Crippen molar-refractivity contribution in [3.05, 3.63) is 0 Å². The molecule has 0 spiro atoms. The van der Waals surface area contributed by atoms with E-state index in [2.05, 4.69) is 18.7 Å². The summed E-state index contributed by atoms with van der Waals surface area (Å²) in [5.41, 5.74) is 6.37. The number of nitrogens with two attached hydrogens (primary N) is 1. The second-order valence-corrected chi connectivity index (χ2v) is 6.71. The fourth-order valence-electron chi connectivity index (χ4n) is 3.08. The van der Waals surface area contributed by atoms with Crippen LogP contribution in [0.5, 0.6) is 0 Å². The molecule has 4 heteroatoms. The summed E-state index contributed by atoms with van der Waals surface area (Å²) >= 11 is 0. The first-order chi connectivity index (χ1) is 9.43. The van der Waals surface area contributed by atoms with Crippen LogP contribution in [-0.4, -0.2) is 54.5 Å². The first-order valence-corrected chi connectivity index (χ1v) is 8.15. The molecule has 118 valence electrons. The van der Waals surface area contributed by atoms with Crippen molar-refractivity contribution in [3.8, 4) is 0 Å². The number of carbonyl (C=O) groups is 1. The zero-order chi connectivity index (χ0) is 15.2. The lowest BCUT2D eigenvalue weighted by Crippen LogP contribution is -2.45. The van der Waals surface area contributed by atoms with E-state index in [9.17, 15) is 4.79 Å². The van der Waals surface area contributed by atoms with Gasteiger partial charge in [0.25, 0.3) is 0 Å². The normalized spacial score (nSPS) is 21.2. The van der Waals surface area contributed by atoms with E-state index in [1.54, 1.807) is 0 Å². The predicted octanol–water partition coefficient (Wildman–Crippen LogP) is 2.08. The average molecular weight is 283 g/mol. The smallest absolute Gasteiger partial charge is 0.224 e. The third kappa shape index (κ3) is 5.06. The fourth-order valence-corrected chi connectivity index (χ4v) is 3.08. The van der Waals surface area contributed by atoms with E-state index in [4.69, 9.17) is 5.73 Å². The van der Waals surface area contributed by atoms with Crippen LogP contribution in [-0.2, 0) is 4.79 Å². The van der Waals surface area contributed by atoms with Crippen molar-refractivity contribution in [2.24, 2.45) is 11.1 Å². The molecular weight excluding hydrogens is 250 g/mol. The van der Waals surface area contributed by atoms with E-state index in [0.717, 1.165) is 26.2 Å². The second-order valence-electron chi connectivity index (χ2n) is 6.71. The van der Waals surface area contributed by atoms with Gasteiger partial charge in [-0.2, -0.15) is 0 Å². The molecule has 0 saturated carbocycles. The third-order valence-electron chi connectivity index (χ3n) is 4.69. The van der Waals surface area contributed by atoms with Crippen molar-refractivity contribution < 1.29 is 4.79 Å². The summed E-state index contributed by atoms with van der Waals surface area (Å²) in [4.78, 5) is 16.6. The Balaban J connectivity index is 2.59. The topological polar surface area (TPSA) is 49.6 Å². The lowest BCUT2D eigenvalue weighted by Gasteiger charge is -2.31. The number of hydrogen-bond donors (Lipinski definition) is 1. The van der Waals surface area contributed by atoms with Crippen LogP contribution in [0.25, 0.3) is 0 Å². The lowest BCUT2D eigenvalue weighted by atomic mass is 9.85. The molecule has 1 fully saturated rings. The number of amides is 1. The molecule has 0 aliphatic carbocycles. The van der Waals surface area contributed by atoms with Crippen LogP contribution in [0.2, 0.25) is 0 Å². The molecular formula is C16H33N3O. The molecule has 20 heavy (non-hydrogen) atoms. The van der Waals surface area contributed by atoms with Gasteiger partial charge in [0.15, 0.2) is 0 Å². The molecule has 2 N–H and O–H groups in total. The molecule has 0 bridgehead atoms. The lowest BCUT2D eigenvalue weighted by molar-refractivity contribution is -0.132. The third-order valence-corrected chi connectivity index (χ3v) is 4.69. The predicted molar refractivity (Wildman–Crippen MR) is 84.6 cm³/mol. The zero-order valence-electron chi connectivity index (χ0n) is 13.8. The second kappa shape index (κ2) is 7.99. The van der Waals surface area contributed by atoms with Crippen LogP contribution in [0.1, 0.15) is 53.4 Å². The van der Waals surface area contributed by atoms with Crippen molar-refractivity contribution >= 4 is 5.91 Å². The molecule has 0 radical (unpaired) electrons. The Morgan fingerprint density at radius 2 is 1.90 bits per heavy atom. The van der Waals surface area contributed by atoms with Gasteiger partial charge >= 0.3 is 0 Å². The molecule has 0 aromatic rings. The van der Waals surface area contributed by atoms with Gasteiger partial charge in [0.2, 0.25) is 5.91 Å². The minimum absolute atomic E-state index is 0.206.